The van der Waals surface area contributed by atoms with Gasteiger partial charge in [-0.05, 0) is 36.2 Å². The Hall–Kier alpha value is -3.06. The van der Waals surface area contributed by atoms with Crippen molar-refractivity contribution in [1.82, 2.24) is 15.1 Å². The van der Waals surface area contributed by atoms with E-state index in [2.05, 4.69) is 5.32 Å². The van der Waals surface area contributed by atoms with Gasteiger partial charge in [0.1, 0.15) is 24.4 Å². The molecule has 8 heteroatoms. The molecule has 0 spiro atoms. The van der Waals surface area contributed by atoms with Crippen LogP contribution in [0.25, 0.3) is 0 Å². The van der Waals surface area contributed by atoms with E-state index in [1.165, 1.54) is 4.90 Å². The van der Waals surface area contributed by atoms with E-state index in [1.807, 2.05) is 37.3 Å². The van der Waals surface area contributed by atoms with E-state index in [0.29, 0.717) is 23.7 Å². The molecule has 7 nitrogen and oxygen atoms in total. The fourth-order valence-electron chi connectivity index (χ4n) is 3.66. The van der Waals surface area contributed by atoms with E-state index in [0.717, 1.165) is 23.3 Å². The van der Waals surface area contributed by atoms with E-state index < -0.39 is 11.6 Å². The van der Waals surface area contributed by atoms with Crippen LogP contribution in [0.2, 0.25) is 5.02 Å². The van der Waals surface area contributed by atoms with E-state index in [1.54, 1.807) is 31.3 Å². The standard InChI is InChI=1S/C24H28ClN3O4/c1-3-4-14-24(18-8-6-5-7-9-18)22(30)28(23(31)26-24)17-21(29)27(2)15-16-32-20-12-10-19(25)11-13-20/h5-13H,3-4,14-17H2,1-2H3,(H,26,31). The highest BCUT2D eigenvalue weighted by molar-refractivity contribution is 6.30. The molecule has 170 valence electrons. The summed E-state index contributed by atoms with van der Waals surface area (Å²) in [6.07, 6.45) is 2.13. The van der Waals surface area contributed by atoms with Gasteiger partial charge < -0.3 is 15.0 Å². The van der Waals surface area contributed by atoms with E-state index in [-0.39, 0.29) is 25.0 Å². The van der Waals surface area contributed by atoms with Gasteiger partial charge >= 0.3 is 6.03 Å². The second-order valence-electron chi connectivity index (χ2n) is 7.81. The van der Waals surface area contributed by atoms with Gasteiger partial charge in [0.2, 0.25) is 5.91 Å². The van der Waals surface area contributed by atoms with Crippen molar-refractivity contribution in [1.29, 1.82) is 0 Å². The summed E-state index contributed by atoms with van der Waals surface area (Å²) >= 11 is 5.86. The van der Waals surface area contributed by atoms with Gasteiger partial charge in [-0.15, -0.1) is 0 Å². The number of hydrogen-bond donors (Lipinski definition) is 1. The number of unbranched alkanes of at least 4 members (excludes halogenated alkanes) is 1. The number of carbonyl (C=O) groups is 3. The molecule has 32 heavy (non-hydrogen) atoms. The Kier molecular flexibility index (Phi) is 7.75. The molecule has 1 unspecified atom stereocenters. The number of amides is 4. The number of urea groups is 1. The van der Waals surface area contributed by atoms with Gasteiger partial charge in [-0.3, -0.25) is 14.5 Å². The lowest BCUT2D eigenvalue weighted by molar-refractivity contribution is -0.138. The molecule has 0 aromatic heterocycles. The minimum atomic E-state index is -1.13. The minimum Gasteiger partial charge on any atom is -0.492 e. The van der Waals surface area contributed by atoms with E-state index >= 15 is 0 Å². The molecule has 0 saturated carbocycles. The van der Waals surface area contributed by atoms with Gasteiger partial charge in [0.15, 0.2) is 0 Å². The third kappa shape index (κ3) is 5.22. The molecule has 0 aliphatic carbocycles. The largest absolute Gasteiger partial charge is 0.492 e. The molecule has 0 bridgehead atoms. The smallest absolute Gasteiger partial charge is 0.325 e. The average molecular weight is 458 g/mol. The lowest BCUT2D eigenvalue weighted by atomic mass is 9.85. The van der Waals surface area contributed by atoms with Crippen LogP contribution in [-0.2, 0) is 15.1 Å². The summed E-state index contributed by atoms with van der Waals surface area (Å²) in [5.41, 5.74) is -0.406. The summed E-state index contributed by atoms with van der Waals surface area (Å²) in [6, 6.07) is 15.6. The molecule has 1 aliphatic heterocycles. The Morgan fingerprint density at radius 2 is 1.81 bits per heavy atom. The van der Waals surface area contributed by atoms with Crippen LogP contribution in [0.4, 0.5) is 4.79 Å². The van der Waals surface area contributed by atoms with Crippen molar-refractivity contribution in [2.45, 2.75) is 31.7 Å². The first kappa shape index (κ1) is 23.6. The summed E-state index contributed by atoms with van der Waals surface area (Å²) in [4.78, 5) is 41.3. The van der Waals surface area contributed by atoms with Gasteiger partial charge in [-0.1, -0.05) is 61.7 Å². The van der Waals surface area contributed by atoms with Crippen molar-refractivity contribution < 1.29 is 19.1 Å². The van der Waals surface area contributed by atoms with Crippen molar-refractivity contribution in [3.05, 3.63) is 65.2 Å². The Bertz CT molecular complexity index is 951. The molecule has 4 amide bonds. The third-order valence-corrected chi connectivity index (χ3v) is 5.83. The number of halogens is 1. The second-order valence-corrected chi connectivity index (χ2v) is 8.25. The Morgan fingerprint density at radius 3 is 2.47 bits per heavy atom. The number of nitrogens with zero attached hydrogens (tertiary/aromatic N) is 2. The Labute approximate surface area is 193 Å². The maximum atomic E-state index is 13.4. The first-order valence-corrected chi connectivity index (χ1v) is 11.1. The molecule has 1 N–H and O–H groups in total. The molecule has 3 rings (SSSR count). The lowest BCUT2D eigenvalue weighted by Gasteiger charge is -2.27. The molecule has 0 radical (unpaired) electrons. The Morgan fingerprint density at radius 1 is 1.12 bits per heavy atom. The van der Waals surface area contributed by atoms with Crippen molar-refractivity contribution in [3.8, 4) is 5.75 Å². The molecule has 1 heterocycles. The quantitative estimate of drug-likeness (QED) is 0.550. The fraction of sp³-hybridized carbons (Fsp3) is 0.375. The molecule has 2 aromatic rings. The number of rotatable bonds is 10. The summed E-state index contributed by atoms with van der Waals surface area (Å²) in [7, 11) is 1.62. The zero-order valence-corrected chi connectivity index (χ0v) is 19.1. The molecular weight excluding hydrogens is 430 g/mol. The molecule has 2 aromatic carbocycles. The number of hydrogen-bond acceptors (Lipinski definition) is 4. The van der Waals surface area contributed by atoms with Crippen LogP contribution >= 0.6 is 11.6 Å². The minimum absolute atomic E-state index is 0.272. The number of likely N-dealkylation sites (N-methyl/N-ethyl adjacent to an activating group) is 1. The lowest BCUT2D eigenvalue weighted by Crippen LogP contribution is -2.45. The monoisotopic (exact) mass is 457 g/mol. The van der Waals surface area contributed by atoms with Crippen molar-refractivity contribution in [2.24, 2.45) is 0 Å². The fourth-order valence-corrected chi connectivity index (χ4v) is 3.78. The molecule has 1 saturated heterocycles. The van der Waals surface area contributed by atoms with Crippen LogP contribution in [0, 0.1) is 0 Å². The van der Waals surface area contributed by atoms with Gasteiger partial charge in [0.25, 0.3) is 5.91 Å². The molecule has 1 atom stereocenters. The molecule has 1 aliphatic rings. The van der Waals surface area contributed by atoms with Crippen molar-refractivity contribution in [3.63, 3.8) is 0 Å². The maximum absolute atomic E-state index is 13.4. The number of ether oxygens (including phenoxy) is 1. The maximum Gasteiger partial charge on any atom is 0.325 e. The Balaban J connectivity index is 1.63. The van der Waals surface area contributed by atoms with Crippen LogP contribution in [0.1, 0.15) is 31.7 Å². The number of imide groups is 1. The molecule has 1 fully saturated rings. The number of nitrogens with one attached hydrogen (secondary N) is 1. The molecular formula is C24H28ClN3O4. The van der Waals surface area contributed by atoms with Crippen molar-refractivity contribution in [2.75, 3.05) is 26.7 Å². The van der Waals surface area contributed by atoms with Crippen LogP contribution < -0.4 is 10.1 Å². The predicted molar refractivity (Wildman–Crippen MR) is 122 cm³/mol. The van der Waals surface area contributed by atoms with Gasteiger partial charge in [-0.25, -0.2) is 4.79 Å². The van der Waals surface area contributed by atoms with Gasteiger partial charge in [-0.2, -0.15) is 0 Å². The topological polar surface area (TPSA) is 79.0 Å². The van der Waals surface area contributed by atoms with Gasteiger partial charge in [0, 0.05) is 12.1 Å². The zero-order valence-electron chi connectivity index (χ0n) is 18.3. The highest BCUT2D eigenvalue weighted by Crippen LogP contribution is 2.34. The van der Waals surface area contributed by atoms with E-state index in [4.69, 9.17) is 16.3 Å². The summed E-state index contributed by atoms with van der Waals surface area (Å²) in [5.74, 6) is -0.0817. The van der Waals surface area contributed by atoms with Crippen molar-refractivity contribution >= 4 is 29.4 Å². The normalized spacial score (nSPS) is 17.9. The SMILES string of the molecule is CCCCC1(c2ccccc2)NC(=O)N(CC(=O)N(C)CCOc2ccc(Cl)cc2)C1=O. The van der Waals surface area contributed by atoms with Crippen LogP contribution in [-0.4, -0.2) is 54.4 Å². The average Bonchev–Trinajstić information content (AvgIpc) is 3.04. The predicted octanol–water partition coefficient (Wildman–Crippen LogP) is 3.81. The van der Waals surface area contributed by atoms with Crippen LogP contribution in [0.3, 0.4) is 0 Å². The summed E-state index contributed by atoms with van der Waals surface area (Å²) in [6.45, 7) is 2.30. The van der Waals surface area contributed by atoms with Crippen LogP contribution in [0.5, 0.6) is 5.75 Å². The first-order valence-electron chi connectivity index (χ1n) is 10.7. The number of benzene rings is 2. The second kappa shape index (κ2) is 10.5. The zero-order chi connectivity index (χ0) is 23.1. The highest BCUT2D eigenvalue weighted by atomic mass is 35.5. The summed E-state index contributed by atoms with van der Waals surface area (Å²) in [5, 5.41) is 3.48. The summed E-state index contributed by atoms with van der Waals surface area (Å²) < 4.78 is 5.62. The van der Waals surface area contributed by atoms with Gasteiger partial charge in [0.05, 0.1) is 6.54 Å². The number of carbonyl (C=O) groups excluding carboxylic acids is 3. The third-order valence-electron chi connectivity index (χ3n) is 5.58. The van der Waals surface area contributed by atoms with E-state index in [9.17, 15) is 14.4 Å². The highest BCUT2D eigenvalue weighted by Gasteiger charge is 2.52. The first-order chi connectivity index (χ1) is 15.4. The van der Waals surface area contributed by atoms with Crippen LogP contribution in [0.15, 0.2) is 54.6 Å².